The van der Waals surface area contributed by atoms with Crippen molar-refractivity contribution >= 4 is 5.97 Å². The zero-order chi connectivity index (χ0) is 12.3. The standard InChI is InChI=1S/C14H25NO2/c15-10-14(9-13(16)17)7-6-11-4-2-1-3-5-12(11)8-14/h11-12H,1-10,15H2,(H,16,17)/t11?,12-,14+/m0/s1. The monoisotopic (exact) mass is 239 g/mol. The lowest BCUT2D eigenvalue weighted by molar-refractivity contribution is -0.140. The van der Waals surface area contributed by atoms with Crippen molar-refractivity contribution in [2.24, 2.45) is 23.0 Å². The van der Waals surface area contributed by atoms with Crippen LogP contribution in [0.3, 0.4) is 0 Å². The van der Waals surface area contributed by atoms with E-state index in [-0.39, 0.29) is 11.8 Å². The highest BCUT2D eigenvalue weighted by Gasteiger charge is 2.41. The Hall–Kier alpha value is -0.570. The van der Waals surface area contributed by atoms with Crippen molar-refractivity contribution in [3.05, 3.63) is 0 Å². The van der Waals surface area contributed by atoms with E-state index in [0.717, 1.165) is 24.7 Å². The Labute approximate surface area is 104 Å². The minimum absolute atomic E-state index is 0.0999. The maximum absolute atomic E-state index is 11.0. The Morgan fingerprint density at radius 1 is 1.18 bits per heavy atom. The molecule has 0 saturated heterocycles. The van der Waals surface area contributed by atoms with E-state index < -0.39 is 5.97 Å². The Morgan fingerprint density at radius 2 is 1.88 bits per heavy atom. The zero-order valence-corrected chi connectivity index (χ0v) is 10.7. The van der Waals surface area contributed by atoms with Gasteiger partial charge in [0.1, 0.15) is 0 Å². The molecule has 2 fully saturated rings. The molecule has 0 bridgehead atoms. The van der Waals surface area contributed by atoms with Gasteiger partial charge in [-0.15, -0.1) is 0 Å². The smallest absolute Gasteiger partial charge is 0.303 e. The van der Waals surface area contributed by atoms with Crippen molar-refractivity contribution in [3.8, 4) is 0 Å². The van der Waals surface area contributed by atoms with Gasteiger partial charge < -0.3 is 10.8 Å². The summed E-state index contributed by atoms with van der Waals surface area (Å²) >= 11 is 0. The predicted molar refractivity (Wildman–Crippen MR) is 67.7 cm³/mol. The van der Waals surface area contributed by atoms with Crippen molar-refractivity contribution in [1.29, 1.82) is 0 Å². The number of hydrogen-bond acceptors (Lipinski definition) is 2. The van der Waals surface area contributed by atoms with Crippen LogP contribution in [0.1, 0.15) is 57.8 Å². The third kappa shape index (κ3) is 3.01. The van der Waals surface area contributed by atoms with Crippen LogP contribution in [-0.2, 0) is 4.79 Å². The third-order valence-electron chi connectivity index (χ3n) is 5.02. The number of carbonyl (C=O) groups is 1. The molecular weight excluding hydrogens is 214 g/mol. The fourth-order valence-electron chi connectivity index (χ4n) is 4.00. The molecule has 0 aromatic heterocycles. The molecule has 3 nitrogen and oxygen atoms in total. The highest BCUT2D eigenvalue weighted by molar-refractivity contribution is 5.67. The maximum atomic E-state index is 11.0. The minimum atomic E-state index is -0.678. The summed E-state index contributed by atoms with van der Waals surface area (Å²) in [6, 6.07) is 0. The number of fused-ring (bicyclic) bond motifs is 1. The van der Waals surface area contributed by atoms with Crippen LogP contribution in [0.4, 0.5) is 0 Å². The van der Waals surface area contributed by atoms with Gasteiger partial charge in [0, 0.05) is 0 Å². The first-order valence-electron chi connectivity index (χ1n) is 7.07. The summed E-state index contributed by atoms with van der Waals surface area (Å²) in [6.45, 7) is 0.544. The Morgan fingerprint density at radius 3 is 2.53 bits per heavy atom. The molecule has 2 aliphatic carbocycles. The van der Waals surface area contributed by atoms with Crippen LogP contribution in [0.15, 0.2) is 0 Å². The van der Waals surface area contributed by atoms with E-state index in [2.05, 4.69) is 0 Å². The van der Waals surface area contributed by atoms with Crippen molar-refractivity contribution < 1.29 is 9.90 Å². The molecule has 0 aliphatic heterocycles. The molecule has 1 unspecified atom stereocenters. The highest BCUT2D eigenvalue weighted by atomic mass is 16.4. The molecule has 2 saturated carbocycles. The average molecular weight is 239 g/mol. The lowest BCUT2D eigenvalue weighted by atomic mass is 9.62. The first-order chi connectivity index (χ1) is 8.15. The molecule has 0 aromatic carbocycles. The van der Waals surface area contributed by atoms with Crippen LogP contribution in [0.5, 0.6) is 0 Å². The van der Waals surface area contributed by atoms with Crippen molar-refractivity contribution in [1.82, 2.24) is 0 Å². The summed E-state index contributed by atoms with van der Waals surface area (Å²) in [6.07, 6.45) is 10.3. The van der Waals surface area contributed by atoms with Gasteiger partial charge in [0.15, 0.2) is 0 Å². The van der Waals surface area contributed by atoms with Gasteiger partial charge in [-0.3, -0.25) is 4.79 Å². The third-order valence-corrected chi connectivity index (χ3v) is 5.02. The van der Waals surface area contributed by atoms with Crippen LogP contribution >= 0.6 is 0 Å². The Balaban J connectivity index is 2.04. The van der Waals surface area contributed by atoms with Crippen LogP contribution < -0.4 is 5.73 Å². The van der Waals surface area contributed by atoms with Crippen molar-refractivity contribution in [2.45, 2.75) is 57.8 Å². The molecule has 0 heterocycles. The molecule has 0 aromatic rings. The molecular formula is C14H25NO2. The summed E-state index contributed by atoms with van der Waals surface area (Å²) in [5, 5.41) is 9.06. The molecule has 2 aliphatic rings. The summed E-state index contributed by atoms with van der Waals surface area (Å²) in [4.78, 5) is 11.0. The minimum Gasteiger partial charge on any atom is -0.481 e. The lowest BCUT2D eigenvalue weighted by Crippen LogP contribution is -2.40. The average Bonchev–Trinajstić information content (AvgIpc) is 2.52. The molecule has 0 spiro atoms. The second-order valence-corrected chi connectivity index (χ2v) is 6.18. The highest BCUT2D eigenvalue weighted by Crippen LogP contribution is 2.48. The van der Waals surface area contributed by atoms with Crippen molar-refractivity contribution in [3.63, 3.8) is 0 Å². The summed E-state index contributed by atoms with van der Waals surface area (Å²) in [5.41, 5.74) is 5.78. The van der Waals surface area contributed by atoms with E-state index in [0.29, 0.717) is 6.54 Å². The van der Waals surface area contributed by atoms with Crippen LogP contribution in [-0.4, -0.2) is 17.6 Å². The fraction of sp³-hybridized carbons (Fsp3) is 0.929. The first kappa shape index (κ1) is 12.9. The second-order valence-electron chi connectivity index (χ2n) is 6.18. The SMILES string of the molecule is NC[C@]1(CC(=O)O)CCC2CCCCC[C@H]2C1. The second kappa shape index (κ2) is 5.38. The van der Waals surface area contributed by atoms with Crippen LogP contribution in [0.2, 0.25) is 0 Å². The fourth-order valence-corrected chi connectivity index (χ4v) is 4.00. The maximum Gasteiger partial charge on any atom is 0.303 e. The number of nitrogens with two attached hydrogens (primary N) is 1. The van der Waals surface area contributed by atoms with Gasteiger partial charge in [-0.25, -0.2) is 0 Å². The number of rotatable bonds is 3. The van der Waals surface area contributed by atoms with E-state index in [1.165, 1.54) is 38.5 Å². The van der Waals surface area contributed by atoms with E-state index in [1.807, 2.05) is 0 Å². The summed E-state index contributed by atoms with van der Waals surface area (Å²) < 4.78 is 0. The molecule has 98 valence electrons. The predicted octanol–water partition coefficient (Wildman–Crippen LogP) is 2.79. The number of carboxylic acids is 1. The van der Waals surface area contributed by atoms with Gasteiger partial charge >= 0.3 is 5.97 Å². The zero-order valence-electron chi connectivity index (χ0n) is 10.7. The van der Waals surface area contributed by atoms with Gasteiger partial charge in [0.2, 0.25) is 0 Å². The molecule has 3 N–H and O–H groups in total. The summed E-state index contributed by atoms with van der Waals surface area (Å²) in [5.74, 6) is 0.919. The quantitative estimate of drug-likeness (QED) is 0.796. The van der Waals surface area contributed by atoms with E-state index in [1.54, 1.807) is 0 Å². The molecule has 3 atom stereocenters. The van der Waals surface area contributed by atoms with E-state index >= 15 is 0 Å². The first-order valence-corrected chi connectivity index (χ1v) is 7.07. The number of carboxylic acid groups (broad SMARTS) is 1. The number of aliphatic carboxylic acids is 1. The Kier molecular flexibility index (Phi) is 4.08. The van der Waals surface area contributed by atoms with Crippen LogP contribution in [0, 0.1) is 17.3 Å². The molecule has 2 rings (SSSR count). The normalized spacial score (nSPS) is 38.2. The van der Waals surface area contributed by atoms with Crippen LogP contribution in [0.25, 0.3) is 0 Å². The van der Waals surface area contributed by atoms with Gasteiger partial charge in [-0.05, 0) is 43.1 Å². The van der Waals surface area contributed by atoms with Gasteiger partial charge in [-0.1, -0.05) is 32.1 Å². The topological polar surface area (TPSA) is 63.3 Å². The molecule has 0 amide bonds. The van der Waals surface area contributed by atoms with Crippen molar-refractivity contribution in [2.75, 3.05) is 6.54 Å². The molecule has 0 radical (unpaired) electrons. The number of hydrogen-bond donors (Lipinski definition) is 2. The van der Waals surface area contributed by atoms with Gasteiger partial charge in [0.05, 0.1) is 6.42 Å². The van der Waals surface area contributed by atoms with E-state index in [9.17, 15) is 4.79 Å². The largest absolute Gasteiger partial charge is 0.481 e. The van der Waals surface area contributed by atoms with E-state index in [4.69, 9.17) is 10.8 Å². The van der Waals surface area contributed by atoms with Gasteiger partial charge in [0.25, 0.3) is 0 Å². The molecule has 17 heavy (non-hydrogen) atoms. The van der Waals surface area contributed by atoms with Gasteiger partial charge in [-0.2, -0.15) is 0 Å². The lowest BCUT2D eigenvalue weighted by Gasteiger charge is -2.43. The molecule has 3 heteroatoms. The Bertz CT molecular complexity index is 279. The summed E-state index contributed by atoms with van der Waals surface area (Å²) in [7, 11) is 0.